The summed E-state index contributed by atoms with van der Waals surface area (Å²) in [5.41, 5.74) is 2.22. The van der Waals surface area contributed by atoms with Crippen LogP contribution >= 0.6 is 11.3 Å². The summed E-state index contributed by atoms with van der Waals surface area (Å²) in [6.45, 7) is 5.67. The molecule has 2 aromatic carbocycles. The average molecular weight is 603 g/mol. The Bertz CT molecular complexity index is 1900. The molecule has 1 atom stereocenters. The molecule has 222 valence electrons. The molecule has 11 heteroatoms. The molecule has 0 spiro atoms. The lowest BCUT2D eigenvalue weighted by Gasteiger charge is -2.25. The monoisotopic (exact) mass is 602 g/mol. The molecule has 43 heavy (non-hydrogen) atoms. The minimum absolute atomic E-state index is 0.172. The number of hydrogen-bond donors (Lipinski definition) is 0. The number of allylic oxidation sites excluding steroid dienone is 1. The Balaban J connectivity index is 1.57. The molecule has 0 unspecified atom stereocenters. The van der Waals surface area contributed by atoms with Crippen molar-refractivity contribution in [3.63, 3.8) is 0 Å². The zero-order valence-corrected chi connectivity index (χ0v) is 25.2. The lowest BCUT2D eigenvalue weighted by atomic mass is 9.95. The fraction of sp³-hybridized carbons (Fsp3) is 0.250. The molecule has 0 N–H and O–H groups in total. The van der Waals surface area contributed by atoms with E-state index in [4.69, 9.17) is 23.4 Å². The van der Waals surface area contributed by atoms with Crippen molar-refractivity contribution >= 4 is 29.4 Å². The second-order valence-electron chi connectivity index (χ2n) is 9.42. The first-order valence-electron chi connectivity index (χ1n) is 13.6. The highest BCUT2D eigenvalue weighted by Crippen LogP contribution is 2.36. The Morgan fingerprint density at radius 1 is 0.953 bits per heavy atom. The van der Waals surface area contributed by atoms with E-state index in [1.165, 1.54) is 30.1 Å². The maximum atomic E-state index is 13.9. The van der Waals surface area contributed by atoms with Gasteiger partial charge in [0.25, 0.3) is 5.56 Å². The molecular formula is C32H30N2O8S. The molecule has 0 aliphatic carbocycles. The van der Waals surface area contributed by atoms with E-state index in [9.17, 15) is 14.4 Å². The quantitative estimate of drug-likeness (QED) is 0.261. The zero-order chi connectivity index (χ0) is 30.7. The van der Waals surface area contributed by atoms with E-state index >= 15 is 0 Å². The number of aromatic nitrogens is 1. The number of benzene rings is 2. The first kappa shape index (κ1) is 29.6. The highest BCUT2D eigenvalue weighted by molar-refractivity contribution is 7.07. The lowest BCUT2D eigenvalue weighted by Crippen LogP contribution is -2.39. The van der Waals surface area contributed by atoms with Crippen LogP contribution in [0.2, 0.25) is 0 Å². The van der Waals surface area contributed by atoms with Gasteiger partial charge in [-0.2, -0.15) is 0 Å². The first-order valence-corrected chi connectivity index (χ1v) is 14.4. The molecule has 10 nitrogen and oxygen atoms in total. The smallest absolute Gasteiger partial charge is 0.338 e. The number of nitrogens with zero attached hydrogens (tertiary/aromatic N) is 2. The lowest BCUT2D eigenvalue weighted by molar-refractivity contribution is -0.139. The molecule has 2 aromatic heterocycles. The van der Waals surface area contributed by atoms with Crippen molar-refractivity contribution in [2.75, 3.05) is 27.4 Å². The third-order valence-corrected chi connectivity index (χ3v) is 7.80. The summed E-state index contributed by atoms with van der Waals surface area (Å²) in [4.78, 5) is 44.1. The number of carbonyl (C=O) groups is 2. The molecule has 1 aliphatic rings. The van der Waals surface area contributed by atoms with E-state index in [0.717, 1.165) is 5.56 Å². The van der Waals surface area contributed by atoms with Gasteiger partial charge in [0.15, 0.2) is 16.3 Å². The van der Waals surface area contributed by atoms with Crippen molar-refractivity contribution in [3.8, 4) is 22.8 Å². The fourth-order valence-corrected chi connectivity index (χ4v) is 5.86. The third-order valence-electron chi connectivity index (χ3n) is 6.82. The second-order valence-corrected chi connectivity index (χ2v) is 10.4. The molecule has 4 aromatic rings. The topological polar surface area (TPSA) is 119 Å². The van der Waals surface area contributed by atoms with E-state index < -0.39 is 18.0 Å². The van der Waals surface area contributed by atoms with Crippen molar-refractivity contribution < 1.29 is 33.0 Å². The molecular weight excluding hydrogens is 572 g/mol. The number of esters is 2. The predicted octanol–water partition coefficient (Wildman–Crippen LogP) is 4.25. The Kier molecular flexibility index (Phi) is 8.63. The van der Waals surface area contributed by atoms with Gasteiger partial charge in [0.05, 0.1) is 54.8 Å². The van der Waals surface area contributed by atoms with Gasteiger partial charge in [-0.15, -0.1) is 0 Å². The van der Waals surface area contributed by atoms with Crippen molar-refractivity contribution in [2.24, 2.45) is 4.99 Å². The molecule has 0 radical (unpaired) electrons. The fourth-order valence-electron chi connectivity index (χ4n) is 4.83. The number of hydrogen-bond acceptors (Lipinski definition) is 10. The number of furan rings is 1. The number of carbonyl (C=O) groups excluding carboxylic acids is 2. The van der Waals surface area contributed by atoms with Crippen LogP contribution in [0.1, 0.15) is 48.5 Å². The van der Waals surface area contributed by atoms with Gasteiger partial charge in [-0.3, -0.25) is 9.36 Å². The standard InChI is InChI=1S/C32H30N2O8S/c1-6-40-30(36)20-10-8-19(9-11-20)23-15-13-22(42-23)17-26-29(35)34-28(21-12-14-24(38-4)25(16-21)39-5)27(31(37)41-7-2)18(3)33-32(34)43-26/h8-17,28H,6-7H2,1-5H3/b26-17-/t28-/m1/s1. The Hall–Kier alpha value is -4.90. The Morgan fingerprint density at radius 3 is 2.33 bits per heavy atom. The first-order chi connectivity index (χ1) is 20.8. The number of thiazole rings is 1. The minimum atomic E-state index is -0.803. The van der Waals surface area contributed by atoms with Gasteiger partial charge in [-0.25, -0.2) is 14.6 Å². The van der Waals surface area contributed by atoms with Crippen LogP contribution in [0.25, 0.3) is 17.4 Å². The molecule has 0 saturated carbocycles. The van der Waals surface area contributed by atoms with Gasteiger partial charge in [-0.05, 0) is 62.7 Å². The summed E-state index contributed by atoms with van der Waals surface area (Å²) >= 11 is 1.19. The maximum Gasteiger partial charge on any atom is 0.338 e. The number of fused-ring (bicyclic) bond motifs is 1. The molecule has 0 fully saturated rings. The van der Waals surface area contributed by atoms with Gasteiger partial charge >= 0.3 is 11.9 Å². The van der Waals surface area contributed by atoms with Gasteiger partial charge < -0.3 is 23.4 Å². The molecule has 1 aliphatic heterocycles. The third kappa shape index (κ3) is 5.76. The summed E-state index contributed by atoms with van der Waals surface area (Å²) < 4.78 is 29.2. The predicted molar refractivity (Wildman–Crippen MR) is 160 cm³/mol. The van der Waals surface area contributed by atoms with Crippen molar-refractivity contribution in [3.05, 3.63) is 102 Å². The number of methoxy groups -OCH3 is 2. The van der Waals surface area contributed by atoms with Crippen LogP contribution in [0.3, 0.4) is 0 Å². The van der Waals surface area contributed by atoms with E-state index in [1.54, 1.807) is 81.4 Å². The summed E-state index contributed by atoms with van der Waals surface area (Å²) in [6, 6.07) is 14.9. The van der Waals surface area contributed by atoms with E-state index in [0.29, 0.717) is 55.8 Å². The SMILES string of the molecule is CCOC(=O)C1=C(C)N=c2s/c(=C\c3ccc(-c4ccc(C(=O)OCC)cc4)o3)c(=O)n2[C@@H]1c1ccc(OC)c(OC)c1. The van der Waals surface area contributed by atoms with Gasteiger partial charge in [0.1, 0.15) is 11.5 Å². The van der Waals surface area contributed by atoms with Crippen molar-refractivity contribution in [2.45, 2.75) is 26.8 Å². The van der Waals surface area contributed by atoms with Crippen LogP contribution in [0.4, 0.5) is 0 Å². The molecule has 3 heterocycles. The van der Waals surface area contributed by atoms with Gasteiger partial charge in [-0.1, -0.05) is 29.5 Å². The van der Waals surface area contributed by atoms with Gasteiger partial charge in [0, 0.05) is 11.6 Å². The highest BCUT2D eigenvalue weighted by Gasteiger charge is 2.34. The van der Waals surface area contributed by atoms with E-state index in [2.05, 4.69) is 4.99 Å². The summed E-state index contributed by atoms with van der Waals surface area (Å²) in [6.07, 6.45) is 1.65. The highest BCUT2D eigenvalue weighted by atomic mass is 32.1. The van der Waals surface area contributed by atoms with Crippen LogP contribution < -0.4 is 24.4 Å². The van der Waals surface area contributed by atoms with Crippen LogP contribution in [0, 0.1) is 0 Å². The average Bonchev–Trinajstić information content (AvgIpc) is 3.60. The normalized spacial score (nSPS) is 14.6. The Labute approximate surface area is 251 Å². The largest absolute Gasteiger partial charge is 0.493 e. The summed E-state index contributed by atoms with van der Waals surface area (Å²) in [5, 5.41) is 0. The van der Waals surface area contributed by atoms with E-state index in [-0.39, 0.29) is 17.7 Å². The van der Waals surface area contributed by atoms with Gasteiger partial charge in [0.2, 0.25) is 0 Å². The molecule has 0 saturated heterocycles. The number of ether oxygens (including phenoxy) is 4. The van der Waals surface area contributed by atoms with E-state index in [1.807, 2.05) is 0 Å². The molecule has 0 amide bonds. The molecule has 0 bridgehead atoms. The van der Waals surface area contributed by atoms with Crippen LogP contribution in [0.15, 0.2) is 80.1 Å². The summed E-state index contributed by atoms with van der Waals surface area (Å²) in [5.74, 6) is 1.05. The van der Waals surface area contributed by atoms with Crippen molar-refractivity contribution in [1.82, 2.24) is 4.57 Å². The Morgan fingerprint density at radius 2 is 1.65 bits per heavy atom. The minimum Gasteiger partial charge on any atom is -0.493 e. The van der Waals surface area contributed by atoms with Crippen LogP contribution in [-0.4, -0.2) is 43.9 Å². The maximum absolute atomic E-state index is 13.9. The summed E-state index contributed by atoms with van der Waals surface area (Å²) in [7, 11) is 3.06. The second kappa shape index (κ2) is 12.5. The zero-order valence-electron chi connectivity index (χ0n) is 24.3. The van der Waals surface area contributed by atoms with Crippen LogP contribution in [0.5, 0.6) is 11.5 Å². The van der Waals surface area contributed by atoms with Crippen molar-refractivity contribution in [1.29, 1.82) is 0 Å². The van der Waals surface area contributed by atoms with Crippen LogP contribution in [-0.2, 0) is 14.3 Å². The number of rotatable bonds is 9. The molecule has 5 rings (SSSR count).